The van der Waals surface area contributed by atoms with Crippen LogP contribution in [-0.4, -0.2) is 24.0 Å². The van der Waals surface area contributed by atoms with Crippen LogP contribution >= 0.6 is 0 Å². The van der Waals surface area contributed by atoms with Gasteiger partial charge in [-0.25, -0.2) is 0 Å². The van der Waals surface area contributed by atoms with Crippen molar-refractivity contribution in [1.29, 1.82) is 0 Å². The van der Waals surface area contributed by atoms with Crippen LogP contribution in [0.3, 0.4) is 0 Å². The number of nitrogens with zero attached hydrogens (tertiary/aromatic N) is 1. The van der Waals surface area contributed by atoms with E-state index in [1.165, 1.54) is 16.7 Å². The lowest BCUT2D eigenvalue weighted by Crippen LogP contribution is -2.26. The Labute approximate surface area is 114 Å². The maximum absolute atomic E-state index is 5.94. The number of hydrogen-bond donors (Lipinski definition) is 1. The first-order chi connectivity index (χ1) is 9.31. The van der Waals surface area contributed by atoms with Gasteiger partial charge in [-0.1, -0.05) is 54.6 Å². The van der Waals surface area contributed by atoms with Gasteiger partial charge in [0.1, 0.15) is 0 Å². The predicted octanol–water partition coefficient (Wildman–Crippen LogP) is 2.89. The number of likely N-dealkylation sites (tertiary alicyclic amines) is 1. The number of rotatable bonds is 3. The molecule has 0 aromatic heterocycles. The van der Waals surface area contributed by atoms with Crippen LogP contribution in [0.4, 0.5) is 0 Å². The number of nitrogens with two attached hydrogens (primary N) is 1. The molecule has 2 heteroatoms. The first-order valence-corrected chi connectivity index (χ1v) is 6.93. The van der Waals surface area contributed by atoms with Gasteiger partial charge in [0.05, 0.1) is 0 Å². The Morgan fingerprint density at radius 3 is 2.26 bits per heavy atom. The van der Waals surface area contributed by atoms with Crippen molar-refractivity contribution in [2.24, 2.45) is 5.73 Å². The van der Waals surface area contributed by atoms with Crippen LogP contribution in [0.2, 0.25) is 0 Å². The van der Waals surface area contributed by atoms with Gasteiger partial charge < -0.3 is 5.73 Å². The molecule has 2 aromatic carbocycles. The maximum Gasteiger partial charge on any atom is 0.0234 e. The molecule has 1 fully saturated rings. The zero-order valence-electron chi connectivity index (χ0n) is 11.1. The topological polar surface area (TPSA) is 29.3 Å². The standard InChI is InChI=1S/C17H20N2/c18-17-10-11-19(13-17)12-14-6-8-16(9-7-14)15-4-2-1-3-5-15/h1-9,17H,10-13,18H2/t17-/m0/s1. The van der Waals surface area contributed by atoms with E-state index in [1.54, 1.807) is 0 Å². The Kier molecular flexibility index (Phi) is 3.62. The highest BCUT2D eigenvalue weighted by atomic mass is 15.2. The molecule has 3 rings (SSSR count). The normalized spacial score (nSPS) is 19.7. The van der Waals surface area contributed by atoms with E-state index in [9.17, 15) is 0 Å². The van der Waals surface area contributed by atoms with E-state index in [4.69, 9.17) is 5.73 Å². The minimum absolute atomic E-state index is 0.364. The quantitative estimate of drug-likeness (QED) is 0.910. The summed E-state index contributed by atoms with van der Waals surface area (Å²) in [6.45, 7) is 3.17. The third-order valence-electron chi connectivity index (χ3n) is 3.78. The molecule has 0 bridgehead atoms. The van der Waals surface area contributed by atoms with Crippen molar-refractivity contribution >= 4 is 0 Å². The molecule has 2 N–H and O–H groups in total. The van der Waals surface area contributed by atoms with Gasteiger partial charge in [-0.2, -0.15) is 0 Å². The summed E-state index contributed by atoms with van der Waals surface area (Å²) < 4.78 is 0. The van der Waals surface area contributed by atoms with Crippen LogP contribution in [0.25, 0.3) is 11.1 Å². The Morgan fingerprint density at radius 2 is 1.63 bits per heavy atom. The summed E-state index contributed by atoms with van der Waals surface area (Å²) in [6, 6.07) is 19.7. The van der Waals surface area contributed by atoms with Gasteiger partial charge in [-0.05, 0) is 23.1 Å². The summed E-state index contributed by atoms with van der Waals surface area (Å²) in [7, 11) is 0. The molecule has 0 spiro atoms. The fourth-order valence-corrected chi connectivity index (χ4v) is 2.70. The van der Waals surface area contributed by atoms with Crippen molar-refractivity contribution in [2.75, 3.05) is 13.1 Å². The second-order valence-electron chi connectivity index (χ2n) is 5.35. The summed E-state index contributed by atoms with van der Waals surface area (Å²) in [4.78, 5) is 2.43. The smallest absolute Gasteiger partial charge is 0.0234 e. The Morgan fingerprint density at radius 1 is 0.947 bits per heavy atom. The van der Waals surface area contributed by atoms with Crippen LogP contribution in [0.5, 0.6) is 0 Å². The van der Waals surface area contributed by atoms with E-state index in [1.807, 2.05) is 0 Å². The molecule has 0 amide bonds. The van der Waals surface area contributed by atoms with E-state index < -0.39 is 0 Å². The minimum atomic E-state index is 0.364. The van der Waals surface area contributed by atoms with Crippen molar-refractivity contribution < 1.29 is 0 Å². The molecule has 98 valence electrons. The molecule has 0 radical (unpaired) electrons. The summed E-state index contributed by atoms with van der Waals surface area (Å²) >= 11 is 0. The molecule has 0 saturated carbocycles. The van der Waals surface area contributed by atoms with Crippen LogP contribution in [0.15, 0.2) is 54.6 Å². The molecule has 2 aromatic rings. The van der Waals surface area contributed by atoms with Crippen LogP contribution in [0, 0.1) is 0 Å². The van der Waals surface area contributed by atoms with Crippen molar-refractivity contribution in [3.8, 4) is 11.1 Å². The van der Waals surface area contributed by atoms with Crippen molar-refractivity contribution in [1.82, 2.24) is 4.90 Å². The van der Waals surface area contributed by atoms with Gasteiger partial charge in [0.15, 0.2) is 0 Å². The fourth-order valence-electron chi connectivity index (χ4n) is 2.70. The average Bonchev–Trinajstić information content (AvgIpc) is 2.86. The summed E-state index contributed by atoms with van der Waals surface area (Å²) in [5, 5.41) is 0. The van der Waals surface area contributed by atoms with Gasteiger partial charge in [0, 0.05) is 25.7 Å². The van der Waals surface area contributed by atoms with E-state index >= 15 is 0 Å². The van der Waals surface area contributed by atoms with E-state index in [0.29, 0.717) is 6.04 Å². The Bertz CT molecular complexity index is 519. The second kappa shape index (κ2) is 5.55. The van der Waals surface area contributed by atoms with Gasteiger partial charge in [-0.15, -0.1) is 0 Å². The average molecular weight is 252 g/mol. The van der Waals surface area contributed by atoms with E-state index in [-0.39, 0.29) is 0 Å². The molecule has 1 aliphatic rings. The van der Waals surface area contributed by atoms with E-state index in [0.717, 1.165) is 26.1 Å². The summed E-state index contributed by atoms with van der Waals surface area (Å²) in [5.41, 5.74) is 9.86. The van der Waals surface area contributed by atoms with Crippen molar-refractivity contribution in [2.45, 2.75) is 19.0 Å². The van der Waals surface area contributed by atoms with Crippen molar-refractivity contribution in [3.05, 3.63) is 60.2 Å². The Balaban J connectivity index is 1.69. The first kappa shape index (κ1) is 12.4. The van der Waals surface area contributed by atoms with Crippen LogP contribution in [0.1, 0.15) is 12.0 Å². The maximum atomic E-state index is 5.94. The number of benzene rings is 2. The molecule has 19 heavy (non-hydrogen) atoms. The lowest BCUT2D eigenvalue weighted by atomic mass is 10.0. The zero-order chi connectivity index (χ0) is 13.1. The third-order valence-corrected chi connectivity index (χ3v) is 3.78. The zero-order valence-corrected chi connectivity index (χ0v) is 11.1. The highest BCUT2D eigenvalue weighted by Crippen LogP contribution is 2.20. The molecule has 1 atom stereocenters. The highest BCUT2D eigenvalue weighted by Gasteiger charge is 2.18. The molecule has 0 aliphatic carbocycles. The minimum Gasteiger partial charge on any atom is -0.326 e. The van der Waals surface area contributed by atoms with Gasteiger partial charge in [0.2, 0.25) is 0 Å². The largest absolute Gasteiger partial charge is 0.326 e. The first-order valence-electron chi connectivity index (χ1n) is 6.93. The second-order valence-corrected chi connectivity index (χ2v) is 5.35. The molecule has 1 aliphatic heterocycles. The molecule has 1 saturated heterocycles. The third kappa shape index (κ3) is 3.03. The SMILES string of the molecule is N[C@H]1CCN(Cc2ccc(-c3ccccc3)cc2)C1. The molecule has 0 unspecified atom stereocenters. The molecular formula is C17H20N2. The molecule has 1 heterocycles. The van der Waals surface area contributed by atoms with Gasteiger partial charge >= 0.3 is 0 Å². The fraction of sp³-hybridized carbons (Fsp3) is 0.294. The predicted molar refractivity (Wildman–Crippen MR) is 79.7 cm³/mol. The van der Waals surface area contributed by atoms with Crippen LogP contribution < -0.4 is 5.73 Å². The molecule has 2 nitrogen and oxygen atoms in total. The highest BCUT2D eigenvalue weighted by molar-refractivity contribution is 5.63. The number of hydrogen-bond acceptors (Lipinski definition) is 2. The Hall–Kier alpha value is -1.64. The summed E-state index contributed by atoms with van der Waals surface area (Å²) in [6.07, 6.45) is 1.13. The van der Waals surface area contributed by atoms with Crippen molar-refractivity contribution in [3.63, 3.8) is 0 Å². The lowest BCUT2D eigenvalue weighted by molar-refractivity contribution is 0.327. The summed E-state index contributed by atoms with van der Waals surface area (Å²) in [5.74, 6) is 0. The van der Waals surface area contributed by atoms with Gasteiger partial charge in [0.25, 0.3) is 0 Å². The molecular weight excluding hydrogens is 232 g/mol. The monoisotopic (exact) mass is 252 g/mol. The van der Waals surface area contributed by atoms with Crippen LogP contribution in [-0.2, 0) is 6.54 Å². The van der Waals surface area contributed by atoms with E-state index in [2.05, 4.69) is 59.5 Å². The van der Waals surface area contributed by atoms with Gasteiger partial charge in [-0.3, -0.25) is 4.90 Å². The lowest BCUT2D eigenvalue weighted by Gasteiger charge is -2.15.